The van der Waals surface area contributed by atoms with Gasteiger partial charge in [0.25, 0.3) is 0 Å². The molecule has 2 N–H and O–H groups in total. The number of nitrogens with zero attached hydrogens (tertiary/aromatic N) is 5. The normalized spacial score (nSPS) is 18.0. The van der Waals surface area contributed by atoms with Crippen molar-refractivity contribution >= 4 is 28.7 Å². The average Bonchev–Trinajstić information content (AvgIpc) is 3.22. The largest absolute Gasteiger partial charge is 0.490 e. The Balaban J connectivity index is 1.69. The van der Waals surface area contributed by atoms with Crippen molar-refractivity contribution in [1.82, 2.24) is 25.0 Å². The van der Waals surface area contributed by atoms with Gasteiger partial charge >= 0.3 is 0 Å². The lowest BCUT2D eigenvalue weighted by Crippen LogP contribution is -2.31. The molecule has 2 aromatic heterocycles. The number of fused-ring (bicyclic) bond motifs is 5. The SMILES string of the molecule is CCOC(=N)/C(=C(/C)CCCCCC(F)F)c1cnc2cc1O[C@@H](C)CCOC1=C(CN(C)N1C)c1nccc(n1)N2. The van der Waals surface area contributed by atoms with Crippen LogP contribution in [0.5, 0.6) is 5.75 Å². The molecular formula is C30H41F2N7O3. The Labute approximate surface area is 246 Å². The molecule has 0 saturated heterocycles. The van der Waals surface area contributed by atoms with E-state index >= 15 is 0 Å². The standard InChI is InChI=1S/C30H41F2N7O3/c1-6-40-28(33)27(19(2)10-8-7-9-11-24(31)32)21-17-35-26-16-23(21)42-20(3)13-15-41-30-22(18-38(4)39(30)5)29-34-14-12-25(36-26)37-29/h12,14,16-17,20,24,33H,6-11,13,15,18H2,1-5H3,(H,34,35,36,37)/b27-19-,33-28?/t20-/m0/s1. The molecule has 0 spiro atoms. The summed E-state index contributed by atoms with van der Waals surface area (Å²) in [6.07, 6.45) is 3.90. The number of pyridine rings is 1. The molecule has 10 nitrogen and oxygen atoms in total. The van der Waals surface area contributed by atoms with Gasteiger partial charge in [-0.05, 0) is 46.1 Å². The minimum atomic E-state index is -2.28. The van der Waals surface area contributed by atoms with Crippen molar-refractivity contribution in [2.24, 2.45) is 0 Å². The summed E-state index contributed by atoms with van der Waals surface area (Å²) in [6.45, 7) is 7.11. The predicted molar refractivity (Wildman–Crippen MR) is 159 cm³/mol. The second kappa shape index (κ2) is 14.4. The van der Waals surface area contributed by atoms with Crippen molar-refractivity contribution in [3.63, 3.8) is 0 Å². The zero-order chi connectivity index (χ0) is 30.2. The molecule has 4 rings (SSSR count). The summed E-state index contributed by atoms with van der Waals surface area (Å²) in [5.41, 5.74) is 3.04. The van der Waals surface area contributed by atoms with E-state index in [9.17, 15) is 8.78 Å². The van der Waals surface area contributed by atoms with Crippen LogP contribution < -0.4 is 10.1 Å². The summed E-state index contributed by atoms with van der Waals surface area (Å²) in [7, 11) is 3.92. The van der Waals surface area contributed by atoms with Gasteiger partial charge in [0, 0.05) is 56.5 Å². The van der Waals surface area contributed by atoms with Crippen LogP contribution in [-0.2, 0) is 9.47 Å². The Hall–Kier alpha value is -3.80. The van der Waals surface area contributed by atoms with Crippen LogP contribution in [0.15, 0.2) is 36.0 Å². The third-order valence-corrected chi connectivity index (χ3v) is 7.28. The van der Waals surface area contributed by atoms with E-state index in [0.717, 1.165) is 17.6 Å². The van der Waals surface area contributed by atoms with Crippen molar-refractivity contribution < 1.29 is 23.0 Å². The summed E-state index contributed by atoms with van der Waals surface area (Å²) in [5.74, 6) is 2.94. The van der Waals surface area contributed by atoms with E-state index in [1.165, 1.54) is 0 Å². The van der Waals surface area contributed by atoms with Gasteiger partial charge in [0.05, 0.1) is 31.4 Å². The van der Waals surface area contributed by atoms with Crippen LogP contribution >= 0.6 is 0 Å². The van der Waals surface area contributed by atoms with Gasteiger partial charge in [-0.3, -0.25) is 10.4 Å². The number of alkyl halides is 2. The molecule has 2 aliphatic heterocycles. The third-order valence-electron chi connectivity index (χ3n) is 7.28. The lowest BCUT2D eigenvalue weighted by Gasteiger charge is -2.25. The summed E-state index contributed by atoms with van der Waals surface area (Å²) in [5, 5.41) is 16.0. The summed E-state index contributed by atoms with van der Waals surface area (Å²) < 4.78 is 43.5. The molecule has 228 valence electrons. The number of anilines is 2. The van der Waals surface area contributed by atoms with Crippen LogP contribution in [0, 0.1) is 5.41 Å². The van der Waals surface area contributed by atoms with Gasteiger partial charge in [-0.1, -0.05) is 12.0 Å². The summed E-state index contributed by atoms with van der Waals surface area (Å²) in [4.78, 5) is 13.9. The molecule has 0 amide bonds. The van der Waals surface area contributed by atoms with Gasteiger partial charge in [-0.2, -0.15) is 0 Å². The van der Waals surface area contributed by atoms with E-state index in [-0.39, 0.29) is 18.4 Å². The molecule has 42 heavy (non-hydrogen) atoms. The van der Waals surface area contributed by atoms with Crippen LogP contribution in [-0.4, -0.2) is 77.3 Å². The molecule has 0 aliphatic carbocycles. The molecule has 2 aromatic rings. The number of likely N-dealkylation sites (N-methyl/N-ethyl adjacent to an activating group) is 1. The van der Waals surface area contributed by atoms with Crippen LogP contribution in [0.1, 0.15) is 70.7 Å². The number of nitrogens with one attached hydrogen (secondary N) is 2. The Morgan fingerprint density at radius 1 is 1.21 bits per heavy atom. The van der Waals surface area contributed by atoms with E-state index < -0.39 is 6.43 Å². The fraction of sp³-hybridized carbons (Fsp3) is 0.533. The number of hydrazine groups is 1. The molecular weight excluding hydrogens is 544 g/mol. The Morgan fingerprint density at radius 2 is 2.02 bits per heavy atom. The quantitative estimate of drug-likeness (QED) is 0.200. The van der Waals surface area contributed by atoms with Crippen molar-refractivity contribution in [1.29, 1.82) is 5.41 Å². The number of rotatable bonds is 9. The highest BCUT2D eigenvalue weighted by atomic mass is 19.3. The van der Waals surface area contributed by atoms with Crippen LogP contribution in [0.25, 0.3) is 11.1 Å². The van der Waals surface area contributed by atoms with Gasteiger partial charge in [-0.15, -0.1) is 0 Å². The van der Waals surface area contributed by atoms with E-state index in [4.69, 9.17) is 24.6 Å². The first kappa shape index (κ1) is 31.1. The molecule has 0 saturated carbocycles. The van der Waals surface area contributed by atoms with Gasteiger partial charge < -0.3 is 19.5 Å². The van der Waals surface area contributed by atoms with Crippen molar-refractivity contribution in [2.45, 2.75) is 71.8 Å². The third kappa shape index (κ3) is 7.72. The van der Waals surface area contributed by atoms with Gasteiger partial charge in [-0.25, -0.2) is 28.7 Å². The molecule has 0 radical (unpaired) electrons. The van der Waals surface area contributed by atoms with E-state index in [1.54, 1.807) is 24.5 Å². The van der Waals surface area contributed by atoms with E-state index in [1.807, 2.05) is 44.9 Å². The summed E-state index contributed by atoms with van der Waals surface area (Å²) in [6, 6.07) is 3.57. The second-order valence-electron chi connectivity index (χ2n) is 10.6. The number of aromatic nitrogens is 3. The maximum atomic E-state index is 12.6. The molecule has 0 fully saturated rings. The number of hydrogen-bond acceptors (Lipinski definition) is 10. The minimum absolute atomic E-state index is 0.0219. The number of halogens is 2. The van der Waals surface area contributed by atoms with Crippen LogP contribution in [0.4, 0.5) is 20.4 Å². The van der Waals surface area contributed by atoms with Crippen molar-refractivity contribution in [3.05, 3.63) is 47.4 Å². The molecule has 0 unspecified atom stereocenters. The smallest absolute Gasteiger partial charge is 0.238 e. The monoisotopic (exact) mass is 585 g/mol. The Morgan fingerprint density at radius 3 is 2.79 bits per heavy atom. The average molecular weight is 586 g/mol. The number of unbranched alkanes of at least 4 members (excludes halogenated alkanes) is 2. The number of ether oxygens (including phenoxy) is 3. The highest BCUT2D eigenvalue weighted by Gasteiger charge is 2.29. The predicted octanol–water partition coefficient (Wildman–Crippen LogP) is 6.27. The van der Waals surface area contributed by atoms with Crippen LogP contribution in [0.3, 0.4) is 0 Å². The Bertz CT molecular complexity index is 1320. The van der Waals surface area contributed by atoms with Gasteiger partial charge in [0.15, 0.2) is 5.82 Å². The van der Waals surface area contributed by atoms with E-state index in [0.29, 0.717) is 85.7 Å². The minimum Gasteiger partial charge on any atom is -0.490 e. The number of allylic oxidation sites excluding steroid dienone is 1. The topological polar surface area (TPSA) is 109 Å². The molecule has 0 aromatic carbocycles. The fourth-order valence-electron chi connectivity index (χ4n) is 4.95. The molecule has 2 aliphatic rings. The number of hydrogen-bond donors (Lipinski definition) is 2. The first-order valence-corrected chi connectivity index (χ1v) is 14.5. The zero-order valence-electron chi connectivity index (χ0n) is 25.0. The second-order valence-corrected chi connectivity index (χ2v) is 10.6. The first-order chi connectivity index (χ1) is 20.2. The Kier molecular flexibility index (Phi) is 10.7. The lowest BCUT2D eigenvalue weighted by atomic mass is 9.96. The molecule has 4 heterocycles. The molecule has 1 atom stereocenters. The molecule has 4 bridgehead atoms. The van der Waals surface area contributed by atoms with Crippen molar-refractivity contribution in [3.8, 4) is 5.75 Å². The summed E-state index contributed by atoms with van der Waals surface area (Å²) >= 11 is 0. The maximum Gasteiger partial charge on any atom is 0.238 e. The van der Waals surface area contributed by atoms with Crippen molar-refractivity contribution in [2.75, 3.05) is 39.2 Å². The highest BCUT2D eigenvalue weighted by molar-refractivity contribution is 6.19. The van der Waals surface area contributed by atoms with Crippen LogP contribution in [0.2, 0.25) is 0 Å². The maximum absolute atomic E-state index is 12.6. The highest BCUT2D eigenvalue weighted by Crippen LogP contribution is 2.35. The fourth-order valence-corrected chi connectivity index (χ4v) is 4.95. The first-order valence-electron chi connectivity index (χ1n) is 14.5. The van der Waals surface area contributed by atoms with E-state index in [2.05, 4.69) is 15.3 Å². The lowest BCUT2D eigenvalue weighted by molar-refractivity contribution is 0.0152. The molecule has 12 heteroatoms. The van der Waals surface area contributed by atoms with Gasteiger partial charge in [0.2, 0.25) is 18.2 Å². The van der Waals surface area contributed by atoms with Gasteiger partial charge in [0.1, 0.15) is 17.4 Å². The zero-order valence-corrected chi connectivity index (χ0v) is 25.0.